The van der Waals surface area contributed by atoms with Gasteiger partial charge >= 0.3 is 11.9 Å². The van der Waals surface area contributed by atoms with Crippen LogP contribution in [0.4, 0.5) is 24.5 Å². The number of hydrogen-bond donors (Lipinski definition) is 2. The van der Waals surface area contributed by atoms with Crippen LogP contribution in [-0.2, 0) is 6.18 Å². The second kappa shape index (κ2) is 5.83. The molecule has 106 valence electrons. The average molecular weight is 278 g/mol. The fourth-order valence-electron chi connectivity index (χ4n) is 1.32. The number of halogens is 3. The van der Waals surface area contributed by atoms with Gasteiger partial charge in [0, 0.05) is 12.6 Å². The molecule has 3 N–H and O–H groups in total. The molecule has 0 spiro atoms. The van der Waals surface area contributed by atoms with Crippen molar-refractivity contribution in [1.29, 1.82) is 0 Å². The summed E-state index contributed by atoms with van der Waals surface area (Å²) in [7, 11) is 0. The van der Waals surface area contributed by atoms with Crippen molar-refractivity contribution in [3.8, 4) is 0 Å². The van der Waals surface area contributed by atoms with Gasteiger partial charge in [0.05, 0.1) is 4.92 Å². The van der Waals surface area contributed by atoms with Crippen molar-refractivity contribution in [2.75, 3.05) is 11.9 Å². The van der Waals surface area contributed by atoms with E-state index in [1.54, 1.807) is 6.92 Å². The minimum absolute atomic E-state index is 0.157. The SMILES string of the molecule is CC(N)CCNc1cc(C(F)(F)F)ncc1[N+](=O)[O-]. The molecule has 0 saturated carbocycles. The van der Waals surface area contributed by atoms with Gasteiger partial charge in [-0.25, -0.2) is 4.98 Å². The van der Waals surface area contributed by atoms with Gasteiger partial charge in [-0.2, -0.15) is 13.2 Å². The fraction of sp³-hybridized carbons (Fsp3) is 0.500. The van der Waals surface area contributed by atoms with Crippen LogP contribution in [0.25, 0.3) is 0 Å². The second-order valence-electron chi connectivity index (χ2n) is 4.03. The molecular weight excluding hydrogens is 265 g/mol. The Hall–Kier alpha value is -1.90. The van der Waals surface area contributed by atoms with Gasteiger partial charge in [-0.05, 0) is 19.4 Å². The first-order chi connectivity index (χ1) is 8.71. The molecule has 6 nitrogen and oxygen atoms in total. The number of alkyl halides is 3. The summed E-state index contributed by atoms with van der Waals surface area (Å²) in [6.45, 7) is 1.96. The number of nitro groups is 1. The standard InChI is InChI=1S/C10H13F3N4O2/c1-6(14)2-3-15-7-4-9(10(11,12)13)16-5-8(7)17(18)19/h4-6H,2-3,14H2,1H3,(H,15,16). The highest BCUT2D eigenvalue weighted by Gasteiger charge is 2.34. The van der Waals surface area contributed by atoms with Gasteiger partial charge in [0.1, 0.15) is 17.6 Å². The number of nitrogens with one attached hydrogen (secondary N) is 1. The Morgan fingerprint density at radius 2 is 2.21 bits per heavy atom. The first-order valence-corrected chi connectivity index (χ1v) is 5.43. The lowest BCUT2D eigenvalue weighted by Gasteiger charge is -2.11. The smallest absolute Gasteiger partial charge is 0.379 e. The lowest BCUT2D eigenvalue weighted by atomic mass is 10.2. The van der Waals surface area contributed by atoms with E-state index in [2.05, 4.69) is 10.3 Å². The van der Waals surface area contributed by atoms with Crippen molar-refractivity contribution < 1.29 is 18.1 Å². The van der Waals surface area contributed by atoms with Crippen molar-refractivity contribution in [3.05, 3.63) is 28.1 Å². The molecule has 1 atom stereocenters. The number of hydrogen-bond acceptors (Lipinski definition) is 5. The molecule has 1 heterocycles. The van der Waals surface area contributed by atoms with Crippen molar-refractivity contribution >= 4 is 11.4 Å². The van der Waals surface area contributed by atoms with E-state index < -0.39 is 22.5 Å². The van der Waals surface area contributed by atoms with Gasteiger partial charge in [-0.3, -0.25) is 10.1 Å². The van der Waals surface area contributed by atoms with E-state index in [4.69, 9.17) is 5.73 Å². The van der Waals surface area contributed by atoms with Crippen LogP contribution in [-0.4, -0.2) is 22.5 Å². The summed E-state index contributed by atoms with van der Waals surface area (Å²) >= 11 is 0. The lowest BCUT2D eigenvalue weighted by Crippen LogP contribution is -2.19. The highest BCUT2D eigenvalue weighted by molar-refractivity contribution is 5.61. The monoisotopic (exact) mass is 278 g/mol. The van der Waals surface area contributed by atoms with Gasteiger partial charge in [-0.15, -0.1) is 0 Å². The summed E-state index contributed by atoms with van der Waals surface area (Å²) in [6, 6.07) is 0.467. The topological polar surface area (TPSA) is 94.1 Å². The van der Waals surface area contributed by atoms with Crippen LogP contribution in [0, 0.1) is 10.1 Å². The zero-order chi connectivity index (χ0) is 14.6. The van der Waals surface area contributed by atoms with Gasteiger partial charge in [-0.1, -0.05) is 0 Å². The highest BCUT2D eigenvalue weighted by Crippen LogP contribution is 2.32. The van der Waals surface area contributed by atoms with E-state index in [1.807, 2.05) is 0 Å². The normalized spacial score (nSPS) is 13.1. The number of anilines is 1. The number of rotatable bonds is 5. The Balaban J connectivity index is 2.99. The lowest BCUT2D eigenvalue weighted by molar-refractivity contribution is -0.384. The summed E-state index contributed by atoms with van der Waals surface area (Å²) in [5, 5.41) is 13.3. The molecule has 0 fully saturated rings. The summed E-state index contributed by atoms with van der Waals surface area (Å²) in [6.07, 6.45) is -3.58. The van der Waals surface area contributed by atoms with Crippen LogP contribution in [0.3, 0.4) is 0 Å². The average Bonchev–Trinajstić information content (AvgIpc) is 2.26. The van der Waals surface area contributed by atoms with Gasteiger partial charge in [0.25, 0.3) is 0 Å². The molecule has 19 heavy (non-hydrogen) atoms. The molecule has 9 heteroatoms. The molecule has 0 aromatic carbocycles. The van der Waals surface area contributed by atoms with Crippen LogP contribution in [0.15, 0.2) is 12.3 Å². The molecule has 0 aliphatic heterocycles. The second-order valence-corrected chi connectivity index (χ2v) is 4.03. The number of nitrogens with two attached hydrogens (primary N) is 1. The van der Waals surface area contributed by atoms with Crippen molar-refractivity contribution in [1.82, 2.24) is 4.98 Å². The molecule has 1 aromatic heterocycles. The van der Waals surface area contributed by atoms with Crippen molar-refractivity contribution in [2.24, 2.45) is 5.73 Å². The summed E-state index contributed by atoms with van der Waals surface area (Å²) in [4.78, 5) is 13.0. The summed E-state index contributed by atoms with van der Waals surface area (Å²) in [5.74, 6) is 0. The molecule has 0 amide bonds. The van der Waals surface area contributed by atoms with Crippen molar-refractivity contribution in [2.45, 2.75) is 25.6 Å². The van der Waals surface area contributed by atoms with E-state index in [-0.39, 0.29) is 18.3 Å². The number of nitrogens with zero attached hydrogens (tertiary/aromatic N) is 2. The maximum absolute atomic E-state index is 12.5. The van der Waals surface area contributed by atoms with Gasteiger partial charge in [0.2, 0.25) is 0 Å². The first-order valence-electron chi connectivity index (χ1n) is 5.43. The fourth-order valence-corrected chi connectivity index (χ4v) is 1.32. The van der Waals surface area contributed by atoms with Crippen LogP contribution in [0.1, 0.15) is 19.0 Å². The molecule has 0 saturated heterocycles. The summed E-state index contributed by atoms with van der Waals surface area (Å²) < 4.78 is 37.4. The minimum atomic E-state index is -4.65. The van der Waals surface area contributed by atoms with E-state index in [9.17, 15) is 23.3 Å². The Labute approximate surface area is 107 Å². The Morgan fingerprint density at radius 3 is 2.68 bits per heavy atom. The molecular formula is C10H13F3N4O2. The number of aromatic nitrogens is 1. The zero-order valence-electron chi connectivity index (χ0n) is 10.1. The molecule has 1 aromatic rings. The predicted molar refractivity (Wildman–Crippen MR) is 62.6 cm³/mol. The third kappa shape index (κ3) is 4.36. The maximum Gasteiger partial charge on any atom is 0.433 e. The molecule has 0 bridgehead atoms. The van der Waals surface area contributed by atoms with Crippen LogP contribution >= 0.6 is 0 Å². The van der Waals surface area contributed by atoms with Gasteiger partial charge < -0.3 is 11.1 Å². The van der Waals surface area contributed by atoms with E-state index in [0.29, 0.717) is 18.7 Å². The van der Waals surface area contributed by atoms with Gasteiger partial charge in [0.15, 0.2) is 0 Å². The van der Waals surface area contributed by atoms with Crippen molar-refractivity contribution in [3.63, 3.8) is 0 Å². The Kier molecular flexibility index (Phi) is 4.65. The molecule has 1 rings (SSSR count). The predicted octanol–water partition coefficient (Wildman–Crippen LogP) is 2.16. The Morgan fingerprint density at radius 1 is 1.58 bits per heavy atom. The molecule has 0 aliphatic rings. The highest BCUT2D eigenvalue weighted by atomic mass is 19.4. The number of pyridine rings is 1. The minimum Gasteiger partial charge on any atom is -0.379 e. The third-order valence-electron chi connectivity index (χ3n) is 2.29. The van der Waals surface area contributed by atoms with E-state index >= 15 is 0 Å². The van der Waals surface area contributed by atoms with Crippen LogP contribution < -0.4 is 11.1 Å². The zero-order valence-corrected chi connectivity index (χ0v) is 10.1. The summed E-state index contributed by atoms with van der Waals surface area (Å²) in [5.41, 5.74) is 3.59. The maximum atomic E-state index is 12.5. The van der Waals surface area contributed by atoms with Crippen LogP contribution in [0.5, 0.6) is 0 Å². The first kappa shape index (κ1) is 15.2. The largest absolute Gasteiger partial charge is 0.433 e. The van der Waals surface area contributed by atoms with Crippen LogP contribution in [0.2, 0.25) is 0 Å². The molecule has 0 aliphatic carbocycles. The molecule has 1 unspecified atom stereocenters. The van der Waals surface area contributed by atoms with E-state index in [0.717, 1.165) is 0 Å². The quantitative estimate of drug-likeness (QED) is 0.635. The van der Waals surface area contributed by atoms with E-state index in [1.165, 1.54) is 0 Å². The third-order valence-corrected chi connectivity index (χ3v) is 2.29. The Bertz CT molecular complexity index is 463. The molecule has 0 radical (unpaired) electrons.